The van der Waals surface area contributed by atoms with Crippen molar-refractivity contribution in [2.24, 2.45) is 0 Å². The summed E-state index contributed by atoms with van der Waals surface area (Å²) in [7, 11) is 0. The lowest BCUT2D eigenvalue weighted by atomic mass is 10.1. The van der Waals surface area contributed by atoms with Crippen molar-refractivity contribution in [1.82, 2.24) is 4.72 Å². The summed E-state index contributed by atoms with van der Waals surface area (Å²) in [5, 5.41) is 10.3. The Labute approximate surface area is 175 Å². The molecule has 1 aromatic heterocycles. The molecule has 0 aliphatic heterocycles. The molecule has 1 saturated carbocycles. The van der Waals surface area contributed by atoms with Gasteiger partial charge in [-0.25, -0.2) is 0 Å². The Morgan fingerprint density at radius 2 is 2.04 bits per heavy atom. The number of thiophene rings is 1. The number of rotatable bonds is 6. The summed E-state index contributed by atoms with van der Waals surface area (Å²) in [5.74, 6) is 0.648. The van der Waals surface area contributed by atoms with Crippen molar-refractivity contribution in [2.45, 2.75) is 68.4 Å². The van der Waals surface area contributed by atoms with Crippen LogP contribution in [0, 0.1) is 11.3 Å². The first kappa shape index (κ1) is 21.9. The highest BCUT2D eigenvalue weighted by Crippen LogP contribution is 2.46. The molecule has 140 valence electrons. The smallest absolute Gasteiger partial charge is 0.136 e. The van der Waals surface area contributed by atoms with E-state index in [9.17, 15) is 9.81 Å². The van der Waals surface area contributed by atoms with Crippen LogP contribution in [0.3, 0.4) is 0 Å². The van der Waals surface area contributed by atoms with Crippen molar-refractivity contribution in [3.63, 3.8) is 0 Å². The van der Waals surface area contributed by atoms with Crippen LogP contribution in [0.15, 0.2) is 9.85 Å². The zero-order valence-electron chi connectivity index (χ0n) is 14.9. The van der Waals surface area contributed by atoms with Gasteiger partial charge >= 0.3 is 0 Å². The monoisotopic (exact) mass is 482 g/mol. The molecule has 0 bridgehead atoms. The zero-order valence-corrected chi connectivity index (χ0v) is 19.7. The van der Waals surface area contributed by atoms with Crippen molar-refractivity contribution in [2.75, 3.05) is 5.75 Å². The summed E-state index contributed by atoms with van der Waals surface area (Å²) in [6, 6.07) is 4.40. The average Bonchev–Trinajstić information content (AvgIpc) is 3.11. The Bertz CT molecular complexity index is 649. The third-order valence-corrected chi connectivity index (χ3v) is 10.1. The summed E-state index contributed by atoms with van der Waals surface area (Å²) >= 11 is 11.9. The van der Waals surface area contributed by atoms with Crippen molar-refractivity contribution in [3.8, 4) is 6.07 Å². The number of hydrogen-bond acceptors (Lipinski definition) is 5. The molecular formula is C17H24BrClN2OS3. The molecule has 0 spiro atoms. The minimum absolute atomic E-state index is 0.326. The fourth-order valence-corrected chi connectivity index (χ4v) is 7.51. The quantitative estimate of drug-likeness (QED) is 0.504. The predicted octanol–water partition coefficient (Wildman–Crippen LogP) is 6.00. The Hall–Kier alpha value is 0.580. The van der Waals surface area contributed by atoms with E-state index in [0.29, 0.717) is 10.8 Å². The third kappa shape index (κ3) is 5.31. The minimum Gasteiger partial charge on any atom is -0.598 e. The lowest BCUT2D eigenvalue weighted by Crippen LogP contribution is -2.51. The summed E-state index contributed by atoms with van der Waals surface area (Å²) in [4.78, 5) is 0.956. The van der Waals surface area contributed by atoms with Gasteiger partial charge in [-0.3, -0.25) is 0 Å². The first-order valence-corrected chi connectivity index (χ1v) is 12.3. The van der Waals surface area contributed by atoms with E-state index in [-0.39, 0.29) is 9.49 Å². The molecule has 0 radical (unpaired) electrons. The molecule has 2 rings (SSSR count). The second-order valence-electron chi connectivity index (χ2n) is 7.64. The number of thioether (sulfide) groups is 1. The molecule has 8 heteroatoms. The van der Waals surface area contributed by atoms with Crippen molar-refractivity contribution >= 4 is 62.0 Å². The van der Waals surface area contributed by atoms with Gasteiger partial charge < -0.3 is 4.55 Å². The summed E-state index contributed by atoms with van der Waals surface area (Å²) < 4.78 is 16.3. The van der Waals surface area contributed by atoms with Gasteiger partial charge in [-0.05, 0) is 62.5 Å². The molecular weight excluding hydrogens is 460 g/mol. The van der Waals surface area contributed by atoms with Gasteiger partial charge in [0.1, 0.15) is 15.0 Å². The van der Waals surface area contributed by atoms with Crippen LogP contribution in [-0.4, -0.2) is 19.8 Å². The van der Waals surface area contributed by atoms with E-state index >= 15 is 0 Å². The van der Waals surface area contributed by atoms with E-state index < -0.39 is 16.9 Å². The van der Waals surface area contributed by atoms with Gasteiger partial charge in [0.25, 0.3) is 0 Å². The van der Waals surface area contributed by atoms with Gasteiger partial charge in [0, 0.05) is 22.0 Å². The molecule has 0 amide bonds. The molecule has 1 aromatic rings. The van der Waals surface area contributed by atoms with Gasteiger partial charge in [-0.1, -0.05) is 24.4 Å². The van der Waals surface area contributed by atoms with Crippen LogP contribution >= 0.6 is 50.6 Å². The van der Waals surface area contributed by atoms with Gasteiger partial charge in [-0.15, -0.1) is 27.8 Å². The second kappa shape index (κ2) is 8.30. The molecule has 1 unspecified atom stereocenters. The third-order valence-electron chi connectivity index (χ3n) is 4.28. The molecule has 2 atom stereocenters. The number of nitrogens with one attached hydrogen (secondary N) is 1. The Morgan fingerprint density at radius 3 is 2.48 bits per heavy atom. The highest BCUT2D eigenvalue weighted by Gasteiger charge is 2.43. The minimum atomic E-state index is -1.24. The standard InChI is InChI=1S/C17H24BrClN2OS3/c1-15(2,3)25(22)21-16(4,14-12(19)9-13(18)24-14)11-23-17(10-20)7-5-6-8-17/h9,21H,5-8,11H2,1-4H3/t16-,25?/m0/s1. The van der Waals surface area contributed by atoms with Crippen molar-refractivity contribution in [1.29, 1.82) is 5.26 Å². The van der Waals surface area contributed by atoms with E-state index in [2.05, 4.69) is 26.7 Å². The topological polar surface area (TPSA) is 58.9 Å². The van der Waals surface area contributed by atoms with Crippen LogP contribution in [0.25, 0.3) is 0 Å². The summed E-state index contributed by atoms with van der Waals surface area (Å²) in [6.07, 6.45) is 4.05. The van der Waals surface area contributed by atoms with Gasteiger partial charge in [0.2, 0.25) is 0 Å². The molecule has 1 fully saturated rings. The van der Waals surface area contributed by atoms with Crippen molar-refractivity contribution in [3.05, 3.63) is 19.8 Å². The Morgan fingerprint density at radius 1 is 1.44 bits per heavy atom. The molecule has 25 heavy (non-hydrogen) atoms. The predicted molar refractivity (Wildman–Crippen MR) is 115 cm³/mol. The van der Waals surface area contributed by atoms with Crippen LogP contribution in [-0.2, 0) is 16.9 Å². The molecule has 1 heterocycles. The van der Waals surface area contributed by atoms with Crippen LogP contribution < -0.4 is 4.72 Å². The maximum atomic E-state index is 12.8. The highest BCUT2D eigenvalue weighted by atomic mass is 79.9. The molecule has 0 saturated heterocycles. The molecule has 1 aliphatic rings. The fraction of sp³-hybridized carbons (Fsp3) is 0.706. The van der Waals surface area contributed by atoms with Gasteiger partial charge in [-0.2, -0.15) is 5.26 Å². The number of halogens is 2. The fourth-order valence-electron chi connectivity index (χ4n) is 2.73. The maximum absolute atomic E-state index is 12.8. The second-order valence-corrected chi connectivity index (χ2v) is 13.8. The van der Waals surface area contributed by atoms with Crippen LogP contribution in [0.2, 0.25) is 5.02 Å². The van der Waals surface area contributed by atoms with Gasteiger partial charge in [0.05, 0.1) is 14.9 Å². The molecule has 1 N–H and O–H groups in total. The first-order valence-electron chi connectivity index (χ1n) is 8.22. The first-order chi connectivity index (χ1) is 11.5. The molecule has 0 aromatic carbocycles. The summed E-state index contributed by atoms with van der Waals surface area (Å²) in [6.45, 7) is 7.88. The van der Waals surface area contributed by atoms with E-state index in [0.717, 1.165) is 34.3 Å². The highest BCUT2D eigenvalue weighted by molar-refractivity contribution is 9.11. The SMILES string of the molecule is CC(C)(C)[S+]([O-])N[C@@](C)(CSC1(C#N)CCCC1)c1sc(Br)cc1Cl. The largest absolute Gasteiger partial charge is 0.598 e. The van der Waals surface area contributed by atoms with E-state index in [1.807, 2.05) is 33.8 Å². The van der Waals surface area contributed by atoms with E-state index in [1.54, 1.807) is 23.1 Å². The van der Waals surface area contributed by atoms with E-state index in [4.69, 9.17) is 11.6 Å². The normalized spacial score (nSPS) is 20.9. The van der Waals surface area contributed by atoms with Crippen LogP contribution in [0.4, 0.5) is 0 Å². The number of hydrogen-bond donors (Lipinski definition) is 1. The number of nitrogens with zero attached hydrogens (tertiary/aromatic N) is 1. The lowest BCUT2D eigenvalue weighted by molar-refractivity contribution is 0.468. The van der Waals surface area contributed by atoms with Gasteiger partial charge in [0.15, 0.2) is 0 Å². The summed E-state index contributed by atoms with van der Waals surface area (Å²) in [5.41, 5.74) is -0.566. The molecule has 1 aliphatic carbocycles. The van der Waals surface area contributed by atoms with Crippen molar-refractivity contribution < 1.29 is 4.55 Å². The lowest BCUT2D eigenvalue weighted by Gasteiger charge is -2.36. The zero-order chi connectivity index (χ0) is 18.9. The van der Waals surface area contributed by atoms with Crippen LogP contribution in [0.5, 0.6) is 0 Å². The Kier molecular flexibility index (Phi) is 7.26. The number of nitriles is 1. The van der Waals surface area contributed by atoms with Crippen LogP contribution in [0.1, 0.15) is 58.3 Å². The van der Waals surface area contributed by atoms with E-state index in [1.165, 1.54) is 0 Å². The Balaban J connectivity index is 2.29. The molecule has 3 nitrogen and oxygen atoms in total. The maximum Gasteiger partial charge on any atom is 0.136 e. The average molecular weight is 484 g/mol.